The molecule has 112 valence electrons. The highest BCUT2D eigenvalue weighted by atomic mass is 15.5. The van der Waals surface area contributed by atoms with E-state index in [1.54, 1.807) is 4.68 Å². The monoisotopic (exact) mass is 285 g/mol. The molecule has 21 heavy (non-hydrogen) atoms. The fourth-order valence-corrected chi connectivity index (χ4v) is 3.01. The zero-order valence-electron chi connectivity index (χ0n) is 12.6. The second-order valence-corrected chi connectivity index (χ2v) is 6.10. The molecular formula is C16H23N5. The predicted molar refractivity (Wildman–Crippen MR) is 82.0 cm³/mol. The number of nitrogens with zero attached hydrogens (tertiary/aromatic N) is 4. The highest BCUT2D eigenvalue weighted by Crippen LogP contribution is 2.27. The van der Waals surface area contributed by atoms with E-state index in [1.165, 1.54) is 25.7 Å². The number of aromatic nitrogens is 4. The molecule has 0 spiro atoms. The van der Waals surface area contributed by atoms with E-state index in [1.807, 2.05) is 30.3 Å². The maximum atomic E-state index is 4.13. The SMILES string of the molecule is CC1CCC(CNCc2nnnn2-c2ccccc2)CC1. The molecule has 1 aliphatic carbocycles. The summed E-state index contributed by atoms with van der Waals surface area (Å²) in [6.07, 6.45) is 5.43. The lowest BCUT2D eigenvalue weighted by Gasteiger charge is -2.26. The first-order valence-electron chi connectivity index (χ1n) is 7.86. The maximum absolute atomic E-state index is 4.13. The Morgan fingerprint density at radius 2 is 1.90 bits per heavy atom. The minimum absolute atomic E-state index is 0.716. The van der Waals surface area contributed by atoms with Crippen LogP contribution in [0.2, 0.25) is 0 Å². The van der Waals surface area contributed by atoms with Crippen molar-refractivity contribution in [1.29, 1.82) is 0 Å². The number of hydrogen-bond acceptors (Lipinski definition) is 4. The van der Waals surface area contributed by atoms with Gasteiger partial charge in [-0.2, -0.15) is 4.68 Å². The van der Waals surface area contributed by atoms with Gasteiger partial charge in [-0.25, -0.2) is 0 Å². The van der Waals surface area contributed by atoms with Crippen LogP contribution >= 0.6 is 0 Å². The summed E-state index contributed by atoms with van der Waals surface area (Å²) in [7, 11) is 0. The summed E-state index contributed by atoms with van der Waals surface area (Å²) in [6, 6.07) is 10.0. The molecule has 0 amide bonds. The molecule has 1 saturated carbocycles. The summed E-state index contributed by atoms with van der Waals surface area (Å²) < 4.78 is 1.80. The lowest BCUT2D eigenvalue weighted by molar-refractivity contribution is 0.281. The molecule has 2 aromatic rings. The van der Waals surface area contributed by atoms with E-state index in [2.05, 4.69) is 27.8 Å². The van der Waals surface area contributed by atoms with Crippen molar-refractivity contribution in [2.45, 2.75) is 39.2 Å². The van der Waals surface area contributed by atoms with Crippen molar-refractivity contribution in [1.82, 2.24) is 25.5 Å². The van der Waals surface area contributed by atoms with Gasteiger partial charge in [0.2, 0.25) is 0 Å². The number of nitrogens with one attached hydrogen (secondary N) is 1. The number of para-hydroxylation sites is 1. The average molecular weight is 285 g/mol. The van der Waals surface area contributed by atoms with Crippen molar-refractivity contribution in [2.75, 3.05) is 6.54 Å². The molecule has 1 heterocycles. The molecule has 0 radical (unpaired) electrons. The minimum atomic E-state index is 0.716. The Hall–Kier alpha value is -1.75. The largest absolute Gasteiger partial charge is 0.310 e. The van der Waals surface area contributed by atoms with Crippen LogP contribution in [0.15, 0.2) is 30.3 Å². The van der Waals surface area contributed by atoms with Crippen LogP contribution < -0.4 is 5.32 Å². The van der Waals surface area contributed by atoms with Crippen molar-refractivity contribution in [3.63, 3.8) is 0 Å². The van der Waals surface area contributed by atoms with Gasteiger partial charge in [-0.15, -0.1) is 5.10 Å². The third-order valence-corrected chi connectivity index (χ3v) is 4.39. The Kier molecular flexibility index (Phi) is 4.60. The van der Waals surface area contributed by atoms with Gasteiger partial charge in [0, 0.05) is 0 Å². The molecule has 1 aliphatic rings. The first-order valence-corrected chi connectivity index (χ1v) is 7.86. The summed E-state index contributed by atoms with van der Waals surface area (Å²) in [5, 5.41) is 15.5. The molecule has 1 fully saturated rings. The van der Waals surface area contributed by atoms with Crippen LogP contribution in [0, 0.1) is 11.8 Å². The molecular weight excluding hydrogens is 262 g/mol. The third-order valence-electron chi connectivity index (χ3n) is 4.39. The predicted octanol–water partition coefficient (Wildman–Crippen LogP) is 2.58. The Balaban J connectivity index is 1.53. The van der Waals surface area contributed by atoms with E-state index in [-0.39, 0.29) is 0 Å². The van der Waals surface area contributed by atoms with Gasteiger partial charge in [0.15, 0.2) is 5.82 Å². The molecule has 5 heteroatoms. The minimum Gasteiger partial charge on any atom is -0.310 e. The van der Waals surface area contributed by atoms with Gasteiger partial charge in [-0.1, -0.05) is 38.0 Å². The Bertz CT molecular complexity index is 543. The van der Waals surface area contributed by atoms with Crippen molar-refractivity contribution >= 4 is 0 Å². The number of hydrogen-bond donors (Lipinski definition) is 1. The number of tetrazole rings is 1. The average Bonchev–Trinajstić information content (AvgIpc) is 2.99. The number of benzene rings is 1. The Labute approximate surface area is 125 Å². The summed E-state index contributed by atoms with van der Waals surface area (Å²) in [6.45, 7) is 4.14. The zero-order chi connectivity index (χ0) is 14.5. The lowest BCUT2D eigenvalue weighted by Crippen LogP contribution is -2.26. The second-order valence-electron chi connectivity index (χ2n) is 6.10. The molecule has 1 aromatic heterocycles. The van der Waals surface area contributed by atoms with Crippen LogP contribution in [-0.4, -0.2) is 26.8 Å². The van der Waals surface area contributed by atoms with Crippen molar-refractivity contribution < 1.29 is 0 Å². The molecule has 1 N–H and O–H groups in total. The van der Waals surface area contributed by atoms with Gasteiger partial charge >= 0.3 is 0 Å². The molecule has 0 saturated heterocycles. The van der Waals surface area contributed by atoms with Crippen molar-refractivity contribution in [3.8, 4) is 5.69 Å². The van der Waals surface area contributed by atoms with Gasteiger partial charge in [0.05, 0.1) is 12.2 Å². The first-order chi connectivity index (χ1) is 10.3. The van der Waals surface area contributed by atoms with Crippen LogP contribution in [0.1, 0.15) is 38.4 Å². The van der Waals surface area contributed by atoms with E-state index < -0.39 is 0 Å². The fourth-order valence-electron chi connectivity index (χ4n) is 3.01. The second kappa shape index (κ2) is 6.80. The van der Waals surface area contributed by atoms with Crippen LogP contribution in [-0.2, 0) is 6.54 Å². The van der Waals surface area contributed by atoms with E-state index >= 15 is 0 Å². The normalized spacial score (nSPS) is 22.3. The molecule has 0 aliphatic heterocycles. The standard InChI is InChI=1S/C16H23N5/c1-13-7-9-14(10-8-13)11-17-12-16-18-19-20-21(16)15-5-3-2-4-6-15/h2-6,13-14,17H,7-12H2,1H3. The Morgan fingerprint density at radius 3 is 2.67 bits per heavy atom. The van der Waals surface area contributed by atoms with Gasteiger partial charge in [0.25, 0.3) is 0 Å². The first kappa shape index (κ1) is 14.2. The topological polar surface area (TPSA) is 55.6 Å². The quantitative estimate of drug-likeness (QED) is 0.917. The van der Waals surface area contributed by atoms with E-state index in [0.717, 1.165) is 29.9 Å². The van der Waals surface area contributed by atoms with E-state index in [9.17, 15) is 0 Å². The van der Waals surface area contributed by atoms with Crippen LogP contribution in [0.5, 0.6) is 0 Å². The molecule has 0 bridgehead atoms. The Morgan fingerprint density at radius 1 is 1.14 bits per heavy atom. The molecule has 5 nitrogen and oxygen atoms in total. The summed E-state index contributed by atoms with van der Waals surface area (Å²) in [5.41, 5.74) is 1.01. The van der Waals surface area contributed by atoms with E-state index in [0.29, 0.717) is 6.54 Å². The summed E-state index contributed by atoms with van der Waals surface area (Å²) in [5.74, 6) is 2.58. The van der Waals surface area contributed by atoms with Gasteiger partial charge < -0.3 is 5.32 Å². The lowest BCUT2D eigenvalue weighted by atomic mass is 9.83. The zero-order valence-corrected chi connectivity index (χ0v) is 12.6. The molecule has 3 rings (SSSR count). The molecule has 0 unspecified atom stereocenters. The van der Waals surface area contributed by atoms with Gasteiger partial charge in [-0.3, -0.25) is 0 Å². The van der Waals surface area contributed by atoms with E-state index in [4.69, 9.17) is 0 Å². The highest BCUT2D eigenvalue weighted by molar-refractivity contribution is 5.30. The summed E-state index contributed by atoms with van der Waals surface area (Å²) >= 11 is 0. The van der Waals surface area contributed by atoms with Gasteiger partial charge in [0.1, 0.15) is 0 Å². The highest BCUT2D eigenvalue weighted by Gasteiger charge is 2.18. The van der Waals surface area contributed by atoms with Crippen LogP contribution in [0.3, 0.4) is 0 Å². The van der Waals surface area contributed by atoms with Gasteiger partial charge in [-0.05, 0) is 53.8 Å². The van der Waals surface area contributed by atoms with Crippen molar-refractivity contribution in [2.24, 2.45) is 11.8 Å². The van der Waals surface area contributed by atoms with Crippen LogP contribution in [0.4, 0.5) is 0 Å². The maximum Gasteiger partial charge on any atom is 0.170 e. The molecule has 0 atom stereocenters. The van der Waals surface area contributed by atoms with Crippen molar-refractivity contribution in [3.05, 3.63) is 36.2 Å². The fraction of sp³-hybridized carbons (Fsp3) is 0.562. The molecule has 1 aromatic carbocycles. The number of rotatable bonds is 5. The smallest absolute Gasteiger partial charge is 0.170 e. The third kappa shape index (κ3) is 3.67. The van der Waals surface area contributed by atoms with Crippen LogP contribution in [0.25, 0.3) is 5.69 Å². The summed E-state index contributed by atoms with van der Waals surface area (Å²) in [4.78, 5) is 0.